The van der Waals surface area contributed by atoms with Crippen LogP contribution in [0.25, 0.3) is 0 Å². The van der Waals surface area contributed by atoms with Gasteiger partial charge in [0.15, 0.2) is 0 Å². The Morgan fingerprint density at radius 1 is 1.20 bits per heavy atom. The lowest BCUT2D eigenvalue weighted by Crippen LogP contribution is -2.30. The first-order valence-corrected chi connectivity index (χ1v) is 7.77. The number of unbranched alkanes of at least 4 members (excludes halogenated alkanes) is 3. The Kier molecular flexibility index (Phi) is 8.81. The molecule has 0 heterocycles. The van der Waals surface area contributed by atoms with Crippen molar-refractivity contribution in [2.45, 2.75) is 51.5 Å². The van der Waals surface area contributed by atoms with Crippen LogP contribution >= 0.6 is 0 Å². The van der Waals surface area contributed by atoms with E-state index in [2.05, 4.69) is 31.0 Å². The Hall–Kier alpha value is -1.28. The standard InChI is InChI=1S/C18H29NO/c1-4-6-7-8-9-10-17(19-5-2)15-16-11-13-18(20-3)14-12-16/h4,11-14,17,19H,1,5-10,15H2,2-3H3. The highest BCUT2D eigenvalue weighted by atomic mass is 16.5. The van der Waals surface area contributed by atoms with Gasteiger partial charge in [0.2, 0.25) is 0 Å². The van der Waals surface area contributed by atoms with Gasteiger partial charge in [0.05, 0.1) is 7.11 Å². The molecule has 1 atom stereocenters. The fourth-order valence-corrected chi connectivity index (χ4v) is 2.47. The molecule has 0 spiro atoms. The third kappa shape index (κ3) is 6.76. The number of methoxy groups -OCH3 is 1. The molecule has 1 aromatic rings. The van der Waals surface area contributed by atoms with Gasteiger partial charge in [-0.25, -0.2) is 0 Å². The van der Waals surface area contributed by atoms with Crippen LogP contribution in [0.15, 0.2) is 36.9 Å². The van der Waals surface area contributed by atoms with Crippen LogP contribution in [0.1, 0.15) is 44.6 Å². The minimum absolute atomic E-state index is 0.581. The van der Waals surface area contributed by atoms with Crippen molar-refractivity contribution >= 4 is 0 Å². The molecule has 112 valence electrons. The van der Waals surface area contributed by atoms with Gasteiger partial charge in [-0.15, -0.1) is 6.58 Å². The van der Waals surface area contributed by atoms with Gasteiger partial charge < -0.3 is 10.1 Å². The van der Waals surface area contributed by atoms with E-state index in [4.69, 9.17) is 4.74 Å². The summed E-state index contributed by atoms with van der Waals surface area (Å²) in [6.45, 7) is 6.98. The van der Waals surface area contributed by atoms with Crippen molar-refractivity contribution in [1.29, 1.82) is 0 Å². The highest BCUT2D eigenvalue weighted by molar-refractivity contribution is 5.27. The monoisotopic (exact) mass is 275 g/mol. The van der Waals surface area contributed by atoms with Gasteiger partial charge >= 0.3 is 0 Å². The molecule has 2 heteroatoms. The van der Waals surface area contributed by atoms with Crippen molar-refractivity contribution in [2.24, 2.45) is 0 Å². The maximum Gasteiger partial charge on any atom is 0.118 e. The smallest absolute Gasteiger partial charge is 0.118 e. The van der Waals surface area contributed by atoms with Gasteiger partial charge in [-0.1, -0.05) is 38.0 Å². The van der Waals surface area contributed by atoms with Crippen LogP contribution in [-0.2, 0) is 6.42 Å². The lowest BCUT2D eigenvalue weighted by molar-refractivity contribution is 0.414. The molecular weight excluding hydrogens is 246 g/mol. The summed E-state index contributed by atoms with van der Waals surface area (Å²) < 4.78 is 5.20. The second kappa shape index (κ2) is 10.5. The normalized spacial score (nSPS) is 12.1. The van der Waals surface area contributed by atoms with E-state index in [-0.39, 0.29) is 0 Å². The van der Waals surface area contributed by atoms with Crippen molar-refractivity contribution in [3.8, 4) is 5.75 Å². The number of ether oxygens (including phenoxy) is 1. The molecule has 20 heavy (non-hydrogen) atoms. The van der Waals surface area contributed by atoms with E-state index in [1.54, 1.807) is 7.11 Å². The van der Waals surface area contributed by atoms with Crippen molar-refractivity contribution in [3.63, 3.8) is 0 Å². The summed E-state index contributed by atoms with van der Waals surface area (Å²) in [5, 5.41) is 3.60. The van der Waals surface area contributed by atoms with Crippen molar-refractivity contribution < 1.29 is 4.74 Å². The highest BCUT2D eigenvalue weighted by Gasteiger charge is 2.08. The lowest BCUT2D eigenvalue weighted by Gasteiger charge is -2.18. The zero-order chi connectivity index (χ0) is 14.6. The summed E-state index contributed by atoms with van der Waals surface area (Å²) >= 11 is 0. The highest BCUT2D eigenvalue weighted by Crippen LogP contribution is 2.15. The molecule has 1 unspecified atom stereocenters. The van der Waals surface area contributed by atoms with Crippen LogP contribution in [0.4, 0.5) is 0 Å². The zero-order valence-corrected chi connectivity index (χ0v) is 13.0. The summed E-state index contributed by atoms with van der Waals surface area (Å²) in [6.07, 6.45) is 9.36. The predicted octanol–water partition coefficient (Wildman–Crippen LogP) is 4.35. The zero-order valence-electron chi connectivity index (χ0n) is 13.0. The molecule has 1 aromatic carbocycles. The molecule has 2 nitrogen and oxygen atoms in total. The molecule has 0 amide bonds. The fraction of sp³-hybridized carbons (Fsp3) is 0.556. The van der Waals surface area contributed by atoms with Gasteiger partial charge in [0.1, 0.15) is 5.75 Å². The largest absolute Gasteiger partial charge is 0.497 e. The number of rotatable bonds is 11. The molecule has 1 rings (SSSR count). The third-order valence-corrected chi connectivity index (χ3v) is 3.59. The van der Waals surface area contributed by atoms with E-state index in [1.165, 1.54) is 31.2 Å². The van der Waals surface area contributed by atoms with Crippen LogP contribution in [0.5, 0.6) is 5.75 Å². The Morgan fingerprint density at radius 2 is 1.95 bits per heavy atom. The van der Waals surface area contributed by atoms with E-state index in [9.17, 15) is 0 Å². The van der Waals surface area contributed by atoms with Gasteiger partial charge in [-0.05, 0) is 49.9 Å². The molecule has 0 saturated carbocycles. The molecule has 0 fully saturated rings. The molecule has 0 bridgehead atoms. The van der Waals surface area contributed by atoms with Crippen LogP contribution in [-0.4, -0.2) is 19.7 Å². The maximum atomic E-state index is 5.20. The Bertz CT molecular complexity index is 358. The summed E-state index contributed by atoms with van der Waals surface area (Å²) in [4.78, 5) is 0. The summed E-state index contributed by atoms with van der Waals surface area (Å²) in [5.74, 6) is 0.929. The van der Waals surface area contributed by atoms with E-state index in [1.807, 2.05) is 18.2 Å². The first-order chi connectivity index (χ1) is 9.80. The fourth-order valence-electron chi connectivity index (χ4n) is 2.47. The number of hydrogen-bond donors (Lipinski definition) is 1. The maximum absolute atomic E-state index is 5.20. The van der Waals surface area contributed by atoms with E-state index < -0.39 is 0 Å². The Labute approximate surface area is 124 Å². The molecule has 0 aromatic heterocycles. The average molecular weight is 275 g/mol. The van der Waals surface area contributed by atoms with Crippen molar-refractivity contribution in [3.05, 3.63) is 42.5 Å². The van der Waals surface area contributed by atoms with E-state index in [0.29, 0.717) is 6.04 Å². The average Bonchev–Trinajstić information content (AvgIpc) is 2.48. The molecule has 0 radical (unpaired) electrons. The van der Waals surface area contributed by atoms with Crippen molar-refractivity contribution in [2.75, 3.05) is 13.7 Å². The molecule has 1 N–H and O–H groups in total. The minimum Gasteiger partial charge on any atom is -0.497 e. The van der Waals surface area contributed by atoms with Crippen LogP contribution in [0.2, 0.25) is 0 Å². The number of nitrogens with one attached hydrogen (secondary N) is 1. The Balaban J connectivity index is 2.38. The topological polar surface area (TPSA) is 21.3 Å². The predicted molar refractivity (Wildman–Crippen MR) is 87.4 cm³/mol. The lowest BCUT2D eigenvalue weighted by atomic mass is 10.00. The van der Waals surface area contributed by atoms with Crippen LogP contribution in [0.3, 0.4) is 0 Å². The summed E-state index contributed by atoms with van der Waals surface area (Å²) in [7, 11) is 1.71. The summed E-state index contributed by atoms with van der Waals surface area (Å²) in [5.41, 5.74) is 1.38. The van der Waals surface area contributed by atoms with Crippen LogP contribution < -0.4 is 10.1 Å². The van der Waals surface area contributed by atoms with E-state index >= 15 is 0 Å². The molecule has 0 aliphatic rings. The molecule has 0 saturated heterocycles. The second-order valence-corrected chi connectivity index (χ2v) is 5.23. The van der Waals surface area contributed by atoms with Gasteiger partial charge in [0, 0.05) is 6.04 Å². The van der Waals surface area contributed by atoms with Crippen LogP contribution in [0, 0.1) is 0 Å². The molecule has 0 aliphatic carbocycles. The number of allylic oxidation sites excluding steroid dienone is 1. The second-order valence-electron chi connectivity index (χ2n) is 5.23. The first-order valence-electron chi connectivity index (χ1n) is 7.77. The van der Waals surface area contributed by atoms with Crippen molar-refractivity contribution in [1.82, 2.24) is 5.32 Å². The first kappa shape index (κ1) is 16.8. The number of benzene rings is 1. The number of hydrogen-bond acceptors (Lipinski definition) is 2. The summed E-state index contributed by atoms with van der Waals surface area (Å²) in [6, 6.07) is 9.00. The SMILES string of the molecule is C=CCCCCCC(Cc1ccc(OC)cc1)NCC. The number of likely N-dealkylation sites (N-methyl/N-ethyl adjacent to an activating group) is 1. The Morgan fingerprint density at radius 3 is 2.55 bits per heavy atom. The van der Waals surface area contributed by atoms with Gasteiger partial charge in [0.25, 0.3) is 0 Å². The third-order valence-electron chi connectivity index (χ3n) is 3.59. The van der Waals surface area contributed by atoms with Gasteiger partial charge in [-0.2, -0.15) is 0 Å². The molecular formula is C18H29NO. The van der Waals surface area contributed by atoms with E-state index in [0.717, 1.165) is 25.1 Å². The quantitative estimate of drug-likeness (QED) is 0.479. The molecule has 0 aliphatic heterocycles. The minimum atomic E-state index is 0.581. The van der Waals surface area contributed by atoms with Gasteiger partial charge in [-0.3, -0.25) is 0 Å².